The van der Waals surface area contributed by atoms with Crippen LogP contribution < -0.4 is 5.32 Å². The predicted octanol–water partition coefficient (Wildman–Crippen LogP) is 3.81. The second-order valence-corrected chi connectivity index (χ2v) is 4.58. The van der Waals surface area contributed by atoms with E-state index in [2.05, 4.69) is 18.5 Å². The molecule has 0 aromatic carbocycles. The summed E-state index contributed by atoms with van der Waals surface area (Å²) in [6.45, 7) is 11.4. The van der Waals surface area contributed by atoms with Gasteiger partial charge in [0.2, 0.25) is 5.91 Å². The maximum Gasteiger partial charge on any atom is 0.247 e. The fourth-order valence-corrected chi connectivity index (χ4v) is 1.95. The van der Waals surface area contributed by atoms with E-state index in [4.69, 9.17) is 0 Å². The molecule has 96 valence electrons. The molecule has 2 heteroatoms. The summed E-state index contributed by atoms with van der Waals surface area (Å²) in [7, 11) is 0. The zero-order chi connectivity index (χ0) is 13.5. The Kier molecular flexibility index (Phi) is 5.37. The zero-order valence-corrected chi connectivity index (χ0v) is 11.3. The van der Waals surface area contributed by atoms with Crippen LogP contribution in [-0.2, 0) is 4.79 Å². The van der Waals surface area contributed by atoms with E-state index in [0.717, 1.165) is 25.0 Å². The van der Waals surface area contributed by atoms with Gasteiger partial charge >= 0.3 is 0 Å². The minimum atomic E-state index is -0.175. The van der Waals surface area contributed by atoms with Crippen LogP contribution in [0, 0.1) is 0 Å². The van der Waals surface area contributed by atoms with Crippen LogP contribution in [0.25, 0.3) is 0 Å². The van der Waals surface area contributed by atoms with Gasteiger partial charge in [-0.15, -0.1) is 0 Å². The summed E-state index contributed by atoms with van der Waals surface area (Å²) in [5.41, 5.74) is 4.48. The zero-order valence-electron chi connectivity index (χ0n) is 11.3. The first kappa shape index (κ1) is 14.2. The summed E-state index contributed by atoms with van der Waals surface area (Å²) in [5.74, 6) is -0.175. The topological polar surface area (TPSA) is 29.1 Å². The Labute approximate surface area is 109 Å². The van der Waals surface area contributed by atoms with Gasteiger partial charge in [0.15, 0.2) is 0 Å². The summed E-state index contributed by atoms with van der Waals surface area (Å²) >= 11 is 0. The van der Waals surface area contributed by atoms with Gasteiger partial charge in [-0.05, 0) is 56.4 Å². The highest BCUT2D eigenvalue weighted by molar-refractivity contribution is 5.89. The lowest BCUT2D eigenvalue weighted by atomic mass is 10.1. The first-order chi connectivity index (χ1) is 8.58. The molecule has 0 aromatic heterocycles. The third-order valence-electron chi connectivity index (χ3n) is 2.86. The van der Waals surface area contributed by atoms with Gasteiger partial charge in [0.1, 0.15) is 0 Å². The van der Waals surface area contributed by atoms with Crippen molar-refractivity contribution in [2.75, 3.05) is 0 Å². The van der Waals surface area contributed by atoms with Gasteiger partial charge < -0.3 is 5.32 Å². The number of hydrogen-bond acceptors (Lipinski definition) is 1. The molecule has 0 aromatic rings. The van der Waals surface area contributed by atoms with E-state index in [-0.39, 0.29) is 5.91 Å². The van der Waals surface area contributed by atoms with Crippen molar-refractivity contribution in [2.24, 2.45) is 0 Å². The van der Waals surface area contributed by atoms with E-state index >= 15 is 0 Å². The molecule has 1 N–H and O–H groups in total. The van der Waals surface area contributed by atoms with Crippen LogP contribution in [0.5, 0.6) is 0 Å². The van der Waals surface area contributed by atoms with E-state index in [1.54, 1.807) is 0 Å². The van der Waals surface area contributed by atoms with Gasteiger partial charge in [-0.1, -0.05) is 30.9 Å². The van der Waals surface area contributed by atoms with Crippen molar-refractivity contribution < 1.29 is 4.79 Å². The van der Waals surface area contributed by atoms with E-state index in [1.165, 1.54) is 22.8 Å². The molecule has 0 unspecified atom stereocenters. The molecule has 1 aliphatic carbocycles. The number of hydrogen-bond donors (Lipinski definition) is 1. The molecule has 0 atom stereocenters. The highest BCUT2D eigenvalue weighted by Gasteiger charge is 2.16. The summed E-state index contributed by atoms with van der Waals surface area (Å²) in [5, 5.41) is 2.88. The minimum absolute atomic E-state index is 0.175. The monoisotopic (exact) mass is 243 g/mol. The van der Waals surface area contributed by atoms with Crippen LogP contribution in [0.3, 0.4) is 0 Å². The van der Waals surface area contributed by atoms with Crippen LogP contribution in [0.2, 0.25) is 0 Å². The first-order valence-electron chi connectivity index (χ1n) is 6.22. The average Bonchev–Trinajstić information content (AvgIpc) is 2.81. The largest absolute Gasteiger partial charge is 0.322 e. The van der Waals surface area contributed by atoms with Crippen molar-refractivity contribution in [3.63, 3.8) is 0 Å². The maximum atomic E-state index is 11.5. The van der Waals surface area contributed by atoms with Gasteiger partial charge in [-0.2, -0.15) is 0 Å². The number of rotatable bonds is 5. The second kappa shape index (κ2) is 6.80. The summed E-state index contributed by atoms with van der Waals surface area (Å²) < 4.78 is 0. The lowest BCUT2D eigenvalue weighted by molar-refractivity contribution is -0.115. The summed E-state index contributed by atoms with van der Waals surface area (Å²) in [6.07, 6.45) is 10.3. The van der Waals surface area contributed by atoms with Crippen molar-refractivity contribution in [2.45, 2.75) is 33.1 Å². The normalized spacial score (nSPS) is 15.3. The van der Waals surface area contributed by atoms with Crippen LogP contribution >= 0.6 is 0 Å². The molecule has 0 aliphatic heterocycles. The summed E-state index contributed by atoms with van der Waals surface area (Å²) in [6, 6.07) is 0. The minimum Gasteiger partial charge on any atom is -0.322 e. The molecule has 0 fully saturated rings. The van der Waals surface area contributed by atoms with Gasteiger partial charge in [-0.3, -0.25) is 4.79 Å². The van der Waals surface area contributed by atoms with Crippen molar-refractivity contribution in [1.29, 1.82) is 0 Å². The van der Waals surface area contributed by atoms with Gasteiger partial charge in [0, 0.05) is 5.70 Å². The SMILES string of the molecule is C=CC(=O)N/C(=C/C=C(C)C)C1=C(C=C)CCC1. The quantitative estimate of drug-likeness (QED) is 0.577. The van der Waals surface area contributed by atoms with E-state index < -0.39 is 0 Å². The molecule has 0 saturated carbocycles. The Hall–Kier alpha value is -1.83. The average molecular weight is 243 g/mol. The van der Waals surface area contributed by atoms with Crippen LogP contribution in [0.4, 0.5) is 0 Å². The van der Waals surface area contributed by atoms with Gasteiger partial charge in [-0.25, -0.2) is 0 Å². The highest BCUT2D eigenvalue weighted by Crippen LogP contribution is 2.30. The third-order valence-corrected chi connectivity index (χ3v) is 2.86. The third kappa shape index (κ3) is 3.88. The lowest BCUT2D eigenvalue weighted by Crippen LogP contribution is -2.21. The molecule has 18 heavy (non-hydrogen) atoms. The molecule has 0 saturated heterocycles. The Balaban J connectivity index is 3.08. The molecule has 1 amide bonds. The fraction of sp³-hybridized carbons (Fsp3) is 0.312. The van der Waals surface area contributed by atoms with E-state index in [1.807, 2.05) is 32.1 Å². The number of carbonyl (C=O) groups excluding carboxylic acids is 1. The first-order valence-corrected chi connectivity index (χ1v) is 6.22. The standard InChI is InChI=1S/C16H21NO/c1-5-13-8-7-9-14(13)15(11-10-12(3)4)17-16(18)6-2/h5-6,10-11H,1-2,7-9H2,3-4H3,(H,17,18)/b15-11+. The van der Waals surface area contributed by atoms with Crippen LogP contribution in [-0.4, -0.2) is 5.91 Å². The molecule has 0 spiro atoms. The van der Waals surface area contributed by atoms with Crippen molar-refractivity contribution in [3.05, 3.63) is 59.9 Å². The number of nitrogens with one attached hydrogen (secondary N) is 1. The van der Waals surface area contributed by atoms with E-state index in [0.29, 0.717) is 0 Å². The Morgan fingerprint density at radius 3 is 2.50 bits per heavy atom. The molecule has 0 bridgehead atoms. The molecular formula is C16H21NO. The number of amides is 1. The van der Waals surface area contributed by atoms with Crippen LogP contribution in [0.15, 0.2) is 59.9 Å². The fourth-order valence-electron chi connectivity index (χ4n) is 1.95. The van der Waals surface area contributed by atoms with E-state index in [9.17, 15) is 4.79 Å². The smallest absolute Gasteiger partial charge is 0.247 e. The second-order valence-electron chi connectivity index (χ2n) is 4.58. The molecule has 0 radical (unpaired) electrons. The van der Waals surface area contributed by atoms with Crippen molar-refractivity contribution in [3.8, 4) is 0 Å². The maximum absolute atomic E-state index is 11.5. The molecular weight excluding hydrogens is 222 g/mol. The van der Waals surface area contributed by atoms with Gasteiger partial charge in [0.05, 0.1) is 0 Å². The number of carbonyl (C=O) groups is 1. The highest BCUT2D eigenvalue weighted by atomic mass is 16.1. The Morgan fingerprint density at radius 2 is 1.94 bits per heavy atom. The molecule has 1 rings (SSSR count). The summed E-state index contributed by atoms with van der Waals surface area (Å²) in [4.78, 5) is 11.5. The Bertz CT molecular complexity index is 446. The lowest BCUT2D eigenvalue weighted by Gasteiger charge is -2.10. The predicted molar refractivity (Wildman–Crippen MR) is 76.9 cm³/mol. The van der Waals surface area contributed by atoms with Crippen molar-refractivity contribution >= 4 is 5.91 Å². The van der Waals surface area contributed by atoms with Gasteiger partial charge in [0.25, 0.3) is 0 Å². The number of allylic oxidation sites excluding steroid dienone is 6. The molecule has 0 heterocycles. The molecule has 1 aliphatic rings. The Morgan fingerprint density at radius 1 is 1.22 bits per heavy atom. The van der Waals surface area contributed by atoms with Crippen LogP contribution in [0.1, 0.15) is 33.1 Å². The molecule has 2 nitrogen and oxygen atoms in total. The van der Waals surface area contributed by atoms with Crippen molar-refractivity contribution in [1.82, 2.24) is 5.32 Å².